The molecular formula is C13H11N3O3. The Hall–Kier alpha value is -2.63. The van der Waals surface area contributed by atoms with Crippen molar-refractivity contribution in [3.63, 3.8) is 0 Å². The lowest BCUT2D eigenvalue weighted by atomic mass is 10.3. The number of rotatable bonds is 2. The molecule has 0 aliphatic carbocycles. The van der Waals surface area contributed by atoms with Crippen LogP contribution in [0.25, 0.3) is 16.8 Å². The van der Waals surface area contributed by atoms with E-state index < -0.39 is 11.5 Å². The first-order valence-corrected chi connectivity index (χ1v) is 5.87. The number of nitrogens with zero attached hydrogens (tertiary/aromatic N) is 3. The van der Waals surface area contributed by atoms with Gasteiger partial charge in [0.15, 0.2) is 0 Å². The molecule has 0 atom stereocenters. The molecule has 96 valence electrons. The molecule has 0 fully saturated rings. The molecule has 0 aliphatic rings. The van der Waals surface area contributed by atoms with Crippen molar-refractivity contribution in [2.45, 2.75) is 13.5 Å². The van der Waals surface area contributed by atoms with E-state index in [2.05, 4.69) is 4.98 Å². The monoisotopic (exact) mass is 257 g/mol. The highest BCUT2D eigenvalue weighted by molar-refractivity contribution is 5.88. The maximum absolute atomic E-state index is 12.2. The maximum Gasteiger partial charge on any atom is 0.342 e. The minimum Gasteiger partial charge on any atom is -0.477 e. The lowest BCUT2D eigenvalue weighted by Crippen LogP contribution is -2.25. The van der Waals surface area contributed by atoms with Crippen LogP contribution in [0.5, 0.6) is 0 Å². The Morgan fingerprint density at radius 1 is 1.37 bits per heavy atom. The summed E-state index contributed by atoms with van der Waals surface area (Å²) in [5, 5.41) is 9.11. The van der Waals surface area contributed by atoms with Crippen LogP contribution in [-0.2, 0) is 6.54 Å². The second kappa shape index (κ2) is 3.94. The third-order valence-corrected chi connectivity index (χ3v) is 3.09. The van der Waals surface area contributed by atoms with E-state index >= 15 is 0 Å². The van der Waals surface area contributed by atoms with E-state index in [1.54, 1.807) is 22.8 Å². The van der Waals surface area contributed by atoms with Crippen LogP contribution < -0.4 is 5.56 Å². The molecule has 0 unspecified atom stereocenters. The molecule has 0 aliphatic heterocycles. The number of fused-ring (bicyclic) bond motifs is 3. The standard InChI is InChI=1S/C13H11N3O3/c1-2-15-7-8(12(18)19)11(17)16-10-6-4-3-5-9(10)14-13(15)16/h3-7H,2H2,1H3,(H,18,19). The molecule has 0 spiro atoms. The van der Waals surface area contributed by atoms with Crippen molar-refractivity contribution in [1.29, 1.82) is 0 Å². The van der Waals surface area contributed by atoms with Gasteiger partial charge in [-0.2, -0.15) is 0 Å². The highest BCUT2D eigenvalue weighted by Crippen LogP contribution is 2.14. The lowest BCUT2D eigenvalue weighted by molar-refractivity contribution is 0.0694. The minimum atomic E-state index is -1.23. The summed E-state index contributed by atoms with van der Waals surface area (Å²) in [6.45, 7) is 2.41. The molecule has 0 saturated carbocycles. The van der Waals surface area contributed by atoms with Crippen LogP contribution in [0.1, 0.15) is 17.3 Å². The lowest BCUT2D eigenvalue weighted by Gasteiger charge is -2.06. The number of hydrogen-bond donors (Lipinski definition) is 1. The SMILES string of the molecule is CCn1cc(C(=O)O)c(=O)n2c3ccccc3nc12. The number of imidazole rings is 1. The van der Waals surface area contributed by atoms with E-state index in [9.17, 15) is 9.59 Å². The van der Waals surface area contributed by atoms with Crippen LogP contribution in [0.3, 0.4) is 0 Å². The smallest absolute Gasteiger partial charge is 0.342 e. The maximum atomic E-state index is 12.2. The predicted molar refractivity (Wildman–Crippen MR) is 69.6 cm³/mol. The molecule has 0 saturated heterocycles. The van der Waals surface area contributed by atoms with Gasteiger partial charge >= 0.3 is 5.97 Å². The summed E-state index contributed by atoms with van der Waals surface area (Å²) in [6.07, 6.45) is 1.34. The van der Waals surface area contributed by atoms with Gasteiger partial charge < -0.3 is 9.67 Å². The zero-order valence-corrected chi connectivity index (χ0v) is 10.2. The molecule has 0 bridgehead atoms. The minimum absolute atomic E-state index is 0.252. The average molecular weight is 257 g/mol. The number of carboxylic acids is 1. The summed E-state index contributed by atoms with van der Waals surface area (Å²) in [4.78, 5) is 27.8. The van der Waals surface area contributed by atoms with Crippen LogP contribution in [0.2, 0.25) is 0 Å². The van der Waals surface area contributed by atoms with Gasteiger partial charge in [0.05, 0.1) is 11.0 Å². The number of hydrogen-bond acceptors (Lipinski definition) is 3. The van der Waals surface area contributed by atoms with Crippen molar-refractivity contribution < 1.29 is 9.90 Å². The first-order valence-electron chi connectivity index (χ1n) is 5.87. The molecular weight excluding hydrogens is 246 g/mol. The summed E-state index contributed by atoms with van der Waals surface area (Å²) in [7, 11) is 0. The molecule has 6 heteroatoms. The van der Waals surface area contributed by atoms with E-state index in [0.717, 1.165) is 0 Å². The fraction of sp³-hybridized carbons (Fsp3) is 0.154. The van der Waals surface area contributed by atoms with Crippen molar-refractivity contribution in [1.82, 2.24) is 14.0 Å². The Labute approximate surface area is 107 Å². The highest BCUT2D eigenvalue weighted by Gasteiger charge is 2.17. The van der Waals surface area contributed by atoms with Crippen molar-refractivity contribution >= 4 is 22.8 Å². The average Bonchev–Trinajstić information content (AvgIpc) is 2.78. The zero-order valence-electron chi connectivity index (χ0n) is 10.2. The summed E-state index contributed by atoms with van der Waals surface area (Å²) in [5.74, 6) is -0.773. The highest BCUT2D eigenvalue weighted by atomic mass is 16.4. The first-order chi connectivity index (χ1) is 9.13. The van der Waals surface area contributed by atoms with E-state index in [4.69, 9.17) is 5.11 Å². The zero-order chi connectivity index (χ0) is 13.6. The summed E-state index contributed by atoms with van der Waals surface area (Å²) in [5.41, 5.74) is 0.482. The largest absolute Gasteiger partial charge is 0.477 e. The number of benzene rings is 1. The van der Waals surface area contributed by atoms with Crippen molar-refractivity contribution in [3.8, 4) is 0 Å². The Bertz CT molecular complexity index is 861. The molecule has 2 aromatic heterocycles. The van der Waals surface area contributed by atoms with Crippen LogP contribution in [-0.4, -0.2) is 25.0 Å². The number of para-hydroxylation sites is 2. The van der Waals surface area contributed by atoms with Gasteiger partial charge in [-0.1, -0.05) is 12.1 Å². The molecule has 1 N–H and O–H groups in total. The number of carbonyl (C=O) groups is 1. The van der Waals surface area contributed by atoms with Crippen LogP contribution in [0.4, 0.5) is 0 Å². The van der Waals surface area contributed by atoms with Crippen molar-refractivity contribution in [2.24, 2.45) is 0 Å². The Morgan fingerprint density at radius 3 is 2.79 bits per heavy atom. The third-order valence-electron chi connectivity index (χ3n) is 3.09. The van der Waals surface area contributed by atoms with Crippen molar-refractivity contribution in [2.75, 3.05) is 0 Å². The Balaban J connectivity index is 2.60. The summed E-state index contributed by atoms with van der Waals surface area (Å²) in [6, 6.07) is 7.16. The Kier molecular flexibility index (Phi) is 2.38. The molecule has 1 aromatic carbocycles. The van der Waals surface area contributed by atoms with Gasteiger partial charge in [0.2, 0.25) is 5.78 Å². The molecule has 3 rings (SSSR count). The molecule has 6 nitrogen and oxygen atoms in total. The Morgan fingerprint density at radius 2 is 2.11 bits per heavy atom. The molecule has 0 amide bonds. The third kappa shape index (κ3) is 1.53. The van der Waals surface area contributed by atoms with Gasteiger partial charge in [-0.3, -0.25) is 4.79 Å². The predicted octanol–water partition coefficient (Wildman–Crippen LogP) is 1.37. The van der Waals surface area contributed by atoms with Crippen LogP contribution >= 0.6 is 0 Å². The van der Waals surface area contributed by atoms with Gasteiger partial charge in [-0.05, 0) is 19.1 Å². The van der Waals surface area contributed by atoms with E-state index in [1.807, 2.05) is 13.0 Å². The summed E-state index contributed by atoms with van der Waals surface area (Å²) >= 11 is 0. The summed E-state index contributed by atoms with van der Waals surface area (Å²) < 4.78 is 3.01. The van der Waals surface area contributed by atoms with Gasteiger partial charge in [-0.15, -0.1) is 0 Å². The van der Waals surface area contributed by atoms with E-state index in [1.165, 1.54) is 10.6 Å². The van der Waals surface area contributed by atoms with Gasteiger partial charge in [0.25, 0.3) is 5.56 Å². The first kappa shape index (κ1) is 11.5. The van der Waals surface area contributed by atoms with Gasteiger partial charge in [-0.25, -0.2) is 14.2 Å². The second-order valence-corrected chi connectivity index (χ2v) is 4.18. The number of aromatic nitrogens is 3. The molecule has 19 heavy (non-hydrogen) atoms. The fourth-order valence-electron chi connectivity index (χ4n) is 2.17. The quantitative estimate of drug-likeness (QED) is 0.752. The van der Waals surface area contributed by atoms with E-state index in [-0.39, 0.29) is 5.56 Å². The second-order valence-electron chi connectivity index (χ2n) is 4.18. The fourth-order valence-corrected chi connectivity index (χ4v) is 2.17. The topological polar surface area (TPSA) is 76.6 Å². The van der Waals surface area contributed by atoms with Gasteiger partial charge in [0.1, 0.15) is 5.56 Å². The van der Waals surface area contributed by atoms with Gasteiger partial charge in [0, 0.05) is 12.7 Å². The molecule has 3 aromatic rings. The normalized spacial score (nSPS) is 11.2. The van der Waals surface area contributed by atoms with E-state index in [0.29, 0.717) is 23.4 Å². The van der Waals surface area contributed by atoms with Crippen LogP contribution in [0.15, 0.2) is 35.3 Å². The number of carboxylic acid groups (broad SMARTS) is 1. The van der Waals surface area contributed by atoms with Crippen LogP contribution in [0, 0.1) is 0 Å². The van der Waals surface area contributed by atoms with Crippen molar-refractivity contribution in [3.05, 3.63) is 46.4 Å². The number of aryl methyl sites for hydroxylation is 1. The molecule has 2 heterocycles. The molecule has 0 radical (unpaired) electrons. The number of aromatic carboxylic acids is 1.